The van der Waals surface area contributed by atoms with E-state index in [9.17, 15) is 4.79 Å². The molecule has 0 aliphatic carbocycles. The Morgan fingerprint density at radius 3 is 2.30 bits per heavy atom. The molecule has 0 radical (unpaired) electrons. The number of nitrogens with two attached hydrogens (primary N) is 1. The highest BCUT2D eigenvalue weighted by Gasteiger charge is 2.34. The molecule has 0 spiro atoms. The molecule has 1 aliphatic rings. The summed E-state index contributed by atoms with van der Waals surface area (Å²) in [5, 5.41) is 0. The molecule has 4 atom stereocenters. The first-order chi connectivity index (χ1) is 9.52. The van der Waals surface area contributed by atoms with E-state index in [1.807, 2.05) is 37.3 Å². The summed E-state index contributed by atoms with van der Waals surface area (Å²) < 4.78 is 0. The van der Waals surface area contributed by atoms with E-state index in [0.717, 1.165) is 18.4 Å². The summed E-state index contributed by atoms with van der Waals surface area (Å²) in [5.74, 6) is 0.0152. The fourth-order valence-corrected chi connectivity index (χ4v) is 3.21. The highest BCUT2D eigenvalue weighted by atomic mass is 16.2. The average molecular weight is 274 g/mol. The Morgan fingerprint density at radius 1 is 1.20 bits per heavy atom. The summed E-state index contributed by atoms with van der Waals surface area (Å²) >= 11 is 0. The van der Waals surface area contributed by atoms with Gasteiger partial charge in [0.1, 0.15) is 0 Å². The van der Waals surface area contributed by atoms with Crippen LogP contribution in [-0.2, 0) is 4.79 Å². The fraction of sp³-hybridized carbons (Fsp3) is 0.588. The zero-order valence-electron chi connectivity index (χ0n) is 12.8. The molecule has 1 saturated heterocycles. The molecule has 0 saturated carbocycles. The molecule has 2 rings (SSSR count). The van der Waals surface area contributed by atoms with Crippen molar-refractivity contribution in [2.75, 3.05) is 0 Å². The number of hydrogen-bond acceptors (Lipinski definition) is 2. The summed E-state index contributed by atoms with van der Waals surface area (Å²) in [6.07, 6.45) is 3.41. The lowest BCUT2D eigenvalue weighted by Gasteiger charge is -2.41. The maximum absolute atomic E-state index is 12.8. The van der Waals surface area contributed by atoms with Gasteiger partial charge in [0.15, 0.2) is 0 Å². The lowest BCUT2D eigenvalue weighted by atomic mass is 9.90. The van der Waals surface area contributed by atoms with Gasteiger partial charge < -0.3 is 10.6 Å². The first kappa shape index (κ1) is 15.0. The molecule has 2 N–H and O–H groups in total. The number of benzene rings is 1. The second-order valence-corrected chi connectivity index (χ2v) is 6.10. The van der Waals surface area contributed by atoms with Gasteiger partial charge in [0.25, 0.3) is 0 Å². The molecular formula is C17H26N2O. The van der Waals surface area contributed by atoms with Crippen LogP contribution in [0.15, 0.2) is 30.3 Å². The number of carbonyl (C=O) groups excluding carboxylic acids is 1. The van der Waals surface area contributed by atoms with Gasteiger partial charge in [-0.15, -0.1) is 0 Å². The standard InChI is InChI=1S/C17H26N2O/c1-12-8-7-9-13(2)19(12)17(20)14(3)16(18)15-10-5-4-6-11-15/h4-6,10-14,16H,7-9,18H2,1-3H3/t12-,13+,14?,16?. The molecule has 2 unspecified atom stereocenters. The van der Waals surface area contributed by atoms with Gasteiger partial charge in [0.2, 0.25) is 5.91 Å². The van der Waals surface area contributed by atoms with Crippen molar-refractivity contribution in [3.8, 4) is 0 Å². The second kappa shape index (κ2) is 6.40. The van der Waals surface area contributed by atoms with E-state index < -0.39 is 0 Å². The Bertz CT molecular complexity index is 436. The van der Waals surface area contributed by atoms with Gasteiger partial charge in [-0.25, -0.2) is 0 Å². The summed E-state index contributed by atoms with van der Waals surface area (Å²) in [5.41, 5.74) is 7.32. The summed E-state index contributed by atoms with van der Waals surface area (Å²) in [4.78, 5) is 14.8. The molecule has 1 fully saturated rings. The molecule has 20 heavy (non-hydrogen) atoms. The average Bonchev–Trinajstić information content (AvgIpc) is 2.46. The van der Waals surface area contributed by atoms with Gasteiger partial charge in [-0.3, -0.25) is 4.79 Å². The molecular weight excluding hydrogens is 248 g/mol. The SMILES string of the molecule is CC(C(=O)N1[C@H](C)CCC[C@@H]1C)C(N)c1ccccc1. The minimum atomic E-state index is -0.231. The summed E-state index contributed by atoms with van der Waals surface area (Å²) in [7, 11) is 0. The third-order valence-corrected chi connectivity index (χ3v) is 4.56. The maximum atomic E-state index is 12.8. The lowest BCUT2D eigenvalue weighted by molar-refractivity contribution is -0.141. The normalized spacial score (nSPS) is 26.1. The fourth-order valence-electron chi connectivity index (χ4n) is 3.21. The number of hydrogen-bond donors (Lipinski definition) is 1. The summed E-state index contributed by atoms with van der Waals surface area (Å²) in [6, 6.07) is 10.3. The minimum Gasteiger partial charge on any atom is -0.337 e. The minimum absolute atomic E-state index is 0.180. The molecule has 0 aromatic heterocycles. The Kier molecular flexibility index (Phi) is 4.81. The van der Waals surface area contributed by atoms with E-state index in [2.05, 4.69) is 18.7 Å². The van der Waals surface area contributed by atoms with Gasteiger partial charge in [-0.1, -0.05) is 37.3 Å². The number of amides is 1. The third kappa shape index (κ3) is 3.04. The molecule has 1 heterocycles. The van der Waals surface area contributed by atoms with Crippen LogP contribution in [0.4, 0.5) is 0 Å². The van der Waals surface area contributed by atoms with Crippen molar-refractivity contribution in [2.45, 2.75) is 58.2 Å². The number of piperidine rings is 1. The molecule has 3 heteroatoms. The third-order valence-electron chi connectivity index (χ3n) is 4.56. The monoisotopic (exact) mass is 274 g/mol. The van der Waals surface area contributed by atoms with Crippen molar-refractivity contribution in [1.82, 2.24) is 4.90 Å². The largest absolute Gasteiger partial charge is 0.337 e. The van der Waals surface area contributed by atoms with Crippen molar-refractivity contribution < 1.29 is 4.79 Å². The summed E-state index contributed by atoms with van der Waals surface area (Å²) in [6.45, 7) is 6.25. The molecule has 3 nitrogen and oxygen atoms in total. The molecule has 1 aromatic rings. The van der Waals surface area contributed by atoms with Crippen LogP contribution >= 0.6 is 0 Å². The highest BCUT2D eigenvalue weighted by Crippen LogP contribution is 2.28. The van der Waals surface area contributed by atoms with Crippen molar-refractivity contribution in [3.05, 3.63) is 35.9 Å². The Balaban J connectivity index is 2.11. The predicted molar refractivity (Wildman–Crippen MR) is 82.2 cm³/mol. The topological polar surface area (TPSA) is 46.3 Å². The van der Waals surface area contributed by atoms with E-state index in [4.69, 9.17) is 5.73 Å². The first-order valence-corrected chi connectivity index (χ1v) is 7.65. The van der Waals surface area contributed by atoms with Gasteiger partial charge in [-0.2, -0.15) is 0 Å². The second-order valence-electron chi connectivity index (χ2n) is 6.10. The van der Waals surface area contributed by atoms with Crippen molar-refractivity contribution in [3.63, 3.8) is 0 Å². The van der Waals surface area contributed by atoms with Crippen molar-refractivity contribution >= 4 is 5.91 Å². The number of nitrogens with zero attached hydrogens (tertiary/aromatic N) is 1. The van der Waals surface area contributed by atoms with E-state index >= 15 is 0 Å². The van der Waals surface area contributed by atoms with Crippen LogP contribution in [0.1, 0.15) is 51.6 Å². The highest BCUT2D eigenvalue weighted by molar-refractivity contribution is 5.80. The van der Waals surface area contributed by atoms with Gasteiger partial charge in [0.05, 0.1) is 5.92 Å². The van der Waals surface area contributed by atoms with Gasteiger partial charge in [-0.05, 0) is 38.7 Å². The number of likely N-dealkylation sites (tertiary alicyclic amines) is 1. The van der Waals surface area contributed by atoms with Crippen LogP contribution in [0, 0.1) is 5.92 Å². The van der Waals surface area contributed by atoms with Crippen LogP contribution < -0.4 is 5.73 Å². The molecule has 1 amide bonds. The Labute approximate surface area is 122 Å². The van der Waals surface area contributed by atoms with E-state index in [-0.39, 0.29) is 17.9 Å². The van der Waals surface area contributed by atoms with Crippen LogP contribution in [0.3, 0.4) is 0 Å². The van der Waals surface area contributed by atoms with E-state index in [1.54, 1.807) is 0 Å². The van der Waals surface area contributed by atoms with Crippen LogP contribution in [0.5, 0.6) is 0 Å². The molecule has 0 bridgehead atoms. The van der Waals surface area contributed by atoms with Gasteiger partial charge >= 0.3 is 0 Å². The number of rotatable bonds is 3. The molecule has 1 aliphatic heterocycles. The molecule has 110 valence electrons. The van der Waals surface area contributed by atoms with E-state index in [0.29, 0.717) is 12.1 Å². The Hall–Kier alpha value is -1.35. The quantitative estimate of drug-likeness (QED) is 0.920. The molecule has 1 aromatic carbocycles. The number of carbonyl (C=O) groups is 1. The Morgan fingerprint density at radius 2 is 1.75 bits per heavy atom. The van der Waals surface area contributed by atoms with Gasteiger partial charge in [0, 0.05) is 18.1 Å². The van der Waals surface area contributed by atoms with Crippen LogP contribution in [0.2, 0.25) is 0 Å². The zero-order chi connectivity index (χ0) is 14.7. The van der Waals surface area contributed by atoms with Crippen molar-refractivity contribution in [1.29, 1.82) is 0 Å². The van der Waals surface area contributed by atoms with E-state index in [1.165, 1.54) is 6.42 Å². The smallest absolute Gasteiger partial charge is 0.227 e. The zero-order valence-corrected chi connectivity index (χ0v) is 12.8. The van der Waals surface area contributed by atoms with Crippen molar-refractivity contribution in [2.24, 2.45) is 11.7 Å². The predicted octanol–water partition coefficient (Wildman–Crippen LogP) is 3.11. The van der Waals surface area contributed by atoms with Crippen LogP contribution in [0.25, 0.3) is 0 Å². The first-order valence-electron chi connectivity index (χ1n) is 7.65. The lowest BCUT2D eigenvalue weighted by Crippen LogP contribution is -2.50. The maximum Gasteiger partial charge on any atom is 0.227 e. The van der Waals surface area contributed by atoms with Crippen LogP contribution in [-0.4, -0.2) is 22.9 Å².